The summed E-state index contributed by atoms with van der Waals surface area (Å²) in [6.45, 7) is 3.54. The van der Waals surface area contributed by atoms with Gasteiger partial charge in [0.1, 0.15) is 0 Å². The lowest BCUT2D eigenvalue weighted by atomic mass is 10.0. The van der Waals surface area contributed by atoms with E-state index in [1.54, 1.807) is 36.4 Å². The lowest BCUT2D eigenvalue weighted by Crippen LogP contribution is -2.26. The van der Waals surface area contributed by atoms with Crippen LogP contribution in [0.1, 0.15) is 35.7 Å². The molecule has 0 aromatic heterocycles. The number of rotatable bonds is 8. The molecule has 33 heavy (non-hydrogen) atoms. The van der Waals surface area contributed by atoms with Crippen LogP contribution in [0.3, 0.4) is 0 Å². The number of hydrogen-bond acceptors (Lipinski definition) is 5. The van der Waals surface area contributed by atoms with E-state index in [9.17, 15) is 18.0 Å². The van der Waals surface area contributed by atoms with Gasteiger partial charge in [-0.2, -0.15) is 0 Å². The van der Waals surface area contributed by atoms with Crippen LogP contribution in [0.15, 0.2) is 83.8 Å². The second kappa shape index (κ2) is 10.3. The van der Waals surface area contributed by atoms with E-state index in [0.717, 1.165) is 9.87 Å². The third-order valence-corrected chi connectivity index (χ3v) is 6.82. The van der Waals surface area contributed by atoms with Crippen LogP contribution in [0, 0.1) is 0 Å². The van der Waals surface area contributed by atoms with Gasteiger partial charge >= 0.3 is 5.97 Å². The molecule has 0 atom stereocenters. The molecule has 1 amide bonds. The quantitative estimate of drug-likeness (QED) is 0.496. The number of carbonyl (C=O) groups is 2. The molecule has 3 rings (SSSR count). The third-order valence-electron chi connectivity index (χ3n) is 5.04. The summed E-state index contributed by atoms with van der Waals surface area (Å²) in [5.74, 6) is -1.06. The zero-order chi connectivity index (χ0) is 24.0. The van der Waals surface area contributed by atoms with Crippen molar-refractivity contribution in [2.45, 2.75) is 24.7 Å². The van der Waals surface area contributed by atoms with Crippen molar-refractivity contribution in [1.82, 2.24) is 0 Å². The van der Waals surface area contributed by atoms with Crippen molar-refractivity contribution in [3.8, 4) is 0 Å². The molecule has 8 heteroatoms. The lowest BCUT2D eigenvalue weighted by molar-refractivity contribution is -0.119. The topological polar surface area (TPSA) is 92.8 Å². The highest BCUT2D eigenvalue weighted by Crippen LogP contribution is 2.24. The standard InChI is InChI=1S/C25H26N2O5S/c1-18(2)22-14-7-8-15-23(22)26-24(28)17-32-25(29)19-10-9-13-21(16-19)33(30,31)27(3)20-11-5-4-6-12-20/h4-16,18H,17H2,1-3H3,(H,26,28). The Bertz CT molecular complexity index is 1240. The van der Waals surface area contributed by atoms with Crippen molar-refractivity contribution in [1.29, 1.82) is 0 Å². The Labute approximate surface area is 194 Å². The van der Waals surface area contributed by atoms with Crippen LogP contribution in [-0.4, -0.2) is 33.9 Å². The molecule has 0 aliphatic carbocycles. The fourth-order valence-electron chi connectivity index (χ4n) is 3.23. The minimum atomic E-state index is -3.89. The van der Waals surface area contributed by atoms with Crippen molar-refractivity contribution < 1.29 is 22.7 Å². The summed E-state index contributed by atoms with van der Waals surface area (Å²) >= 11 is 0. The van der Waals surface area contributed by atoms with Crippen LogP contribution in [0.4, 0.5) is 11.4 Å². The third kappa shape index (κ3) is 5.78. The normalized spacial score (nSPS) is 11.2. The second-order valence-electron chi connectivity index (χ2n) is 7.70. The summed E-state index contributed by atoms with van der Waals surface area (Å²) in [5, 5.41) is 2.75. The van der Waals surface area contributed by atoms with Crippen LogP contribution in [-0.2, 0) is 19.6 Å². The summed E-state index contributed by atoms with van der Waals surface area (Å²) in [5.41, 5.74) is 2.15. The first-order chi connectivity index (χ1) is 15.7. The molecule has 0 bridgehead atoms. The molecule has 0 fully saturated rings. The maximum absolute atomic E-state index is 13.0. The zero-order valence-corrected chi connectivity index (χ0v) is 19.5. The van der Waals surface area contributed by atoms with E-state index in [4.69, 9.17) is 4.74 Å². The number of esters is 1. The molecule has 0 heterocycles. The van der Waals surface area contributed by atoms with Gasteiger partial charge in [0.05, 0.1) is 16.1 Å². The first-order valence-electron chi connectivity index (χ1n) is 10.4. The predicted octanol–water partition coefficient (Wildman–Crippen LogP) is 4.43. The number of sulfonamides is 1. The fraction of sp³-hybridized carbons (Fsp3) is 0.200. The Morgan fingerprint density at radius 3 is 2.30 bits per heavy atom. The summed E-state index contributed by atoms with van der Waals surface area (Å²) in [6.07, 6.45) is 0. The Morgan fingerprint density at radius 2 is 1.61 bits per heavy atom. The summed E-state index contributed by atoms with van der Waals surface area (Å²) in [6, 6.07) is 21.6. The highest BCUT2D eigenvalue weighted by atomic mass is 32.2. The molecule has 3 aromatic carbocycles. The SMILES string of the molecule is CC(C)c1ccccc1NC(=O)COC(=O)c1cccc(S(=O)(=O)N(C)c2ccccc2)c1. The summed E-state index contributed by atoms with van der Waals surface area (Å²) < 4.78 is 32.2. The molecular formula is C25H26N2O5S. The van der Waals surface area contributed by atoms with Gasteiger partial charge < -0.3 is 10.1 Å². The number of nitrogens with zero attached hydrogens (tertiary/aromatic N) is 1. The zero-order valence-electron chi connectivity index (χ0n) is 18.7. The molecule has 3 aromatic rings. The van der Waals surface area contributed by atoms with Gasteiger partial charge in [0.2, 0.25) is 0 Å². The number of benzene rings is 3. The van der Waals surface area contributed by atoms with Gasteiger partial charge in [0.25, 0.3) is 15.9 Å². The lowest BCUT2D eigenvalue weighted by Gasteiger charge is -2.19. The fourth-order valence-corrected chi connectivity index (χ4v) is 4.48. The van der Waals surface area contributed by atoms with E-state index >= 15 is 0 Å². The highest BCUT2D eigenvalue weighted by Gasteiger charge is 2.23. The van der Waals surface area contributed by atoms with Gasteiger partial charge in [0, 0.05) is 12.7 Å². The molecule has 0 saturated heterocycles. The number of ether oxygens (including phenoxy) is 1. The van der Waals surface area contributed by atoms with Crippen molar-refractivity contribution in [2.75, 3.05) is 23.3 Å². The predicted molar refractivity (Wildman–Crippen MR) is 128 cm³/mol. The first-order valence-corrected chi connectivity index (χ1v) is 11.8. The van der Waals surface area contributed by atoms with E-state index in [1.165, 1.54) is 31.3 Å². The average molecular weight is 467 g/mol. The largest absolute Gasteiger partial charge is 0.452 e. The van der Waals surface area contributed by atoms with E-state index in [2.05, 4.69) is 5.32 Å². The number of amides is 1. The molecule has 0 unspecified atom stereocenters. The van der Waals surface area contributed by atoms with Gasteiger partial charge in [-0.15, -0.1) is 0 Å². The van der Waals surface area contributed by atoms with E-state index < -0.39 is 28.5 Å². The van der Waals surface area contributed by atoms with Crippen LogP contribution in [0.5, 0.6) is 0 Å². The van der Waals surface area contributed by atoms with Crippen LogP contribution in [0.2, 0.25) is 0 Å². The van der Waals surface area contributed by atoms with Crippen LogP contribution >= 0.6 is 0 Å². The number of hydrogen-bond donors (Lipinski definition) is 1. The monoisotopic (exact) mass is 466 g/mol. The number of nitrogens with one attached hydrogen (secondary N) is 1. The molecule has 0 radical (unpaired) electrons. The Hall–Kier alpha value is -3.65. The van der Waals surface area contributed by atoms with E-state index in [1.807, 2.05) is 32.0 Å². The molecular weight excluding hydrogens is 440 g/mol. The number of anilines is 2. The molecule has 0 spiro atoms. The first kappa shape index (κ1) is 24.0. The number of para-hydroxylation sites is 2. The molecule has 0 aliphatic heterocycles. The molecule has 0 saturated carbocycles. The maximum Gasteiger partial charge on any atom is 0.338 e. The molecule has 172 valence electrons. The van der Waals surface area contributed by atoms with Crippen molar-refractivity contribution in [2.24, 2.45) is 0 Å². The van der Waals surface area contributed by atoms with Gasteiger partial charge in [-0.25, -0.2) is 13.2 Å². The Morgan fingerprint density at radius 1 is 0.939 bits per heavy atom. The minimum absolute atomic E-state index is 0.0351. The van der Waals surface area contributed by atoms with Crippen LogP contribution in [0.25, 0.3) is 0 Å². The molecule has 1 N–H and O–H groups in total. The summed E-state index contributed by atoms with van der Waals surface area (Å²) in [7, 11) is -2.45. The highest BCUT2D eigenvalue weighted by molar-refractivity contribution is 7.92. The van der Waals surface area contributed by atoms with E-state index in [0.29, 0.717) is 11.4 Å². The Balaban J connectivity index is 1.68. The van der Waals surface area contributed by atoms with Gasteiger partial charge in [-0.05, 0) is 47.9 Å². The summed E-state index contributed by atoms with van der Waals surface area (Å²) in [4.78, 5) is 24.7. The average Bonchev–Trinajstić information content (AvgIpc) is 2.82. The van der Waals surface area contributed by atoms with Crippen molar-refractivity contribution in [3.05, 3.63) is 90.0 Å². The molecule has 7 nitrogen and oxygen atoms in total. The van der Waals surface area contributed by atoms with Gasteiger partial charge in [-0.3, -0.25) is 9.10 Å². The number of carbonyl (C=O) groups excluding carboxylic acids is 2. The van der Waals surface area contributed by atoms with Crippen molar-refractivity contribution >= 4 is 33.3 Å². The smallest absolute Gasteiger partial charge is 0.338 e. The minimum Gasteiger partial charge on any atom is -0.452 e. The Kier molecular flexibility index (Phi) is 7.50. The van der Waals surface area contributed by atoms with Crippen molar-refractivity contribution in [3.63, 3.8) is 0 Å². The molecule has 0 aliphatic rings. The van der Waals surface area contributed by atoms with Crippen LogP contribution < -0.4 is 9.62 Å². The maximum atomic E-state index is 13.0. The van der Waals surface area contributed by atoms with E-state index in [-0.39, 0.29) is 16.4 Å². The van der Waals surface area contributed by atoms with Gasteiger partial charge in [0.15, 0.2) is 6.61 Å². The van der Waals surface area contributed by atoms with Gasteiger partial charge in [-0.1, -0.05) is 56.3 Å². The second-order valence-corrected chi connectivity index (χ2v) is 9.67.